The van der Waals surface area contributed by atoms with Crippen molar-refractivity contribution in [2.75, 3.05) is 4.90 Å². The SMILES string of the molecule is CC1(C)c2ccccc2N(c2cccc(-c3cccc(-c4cncc(C#N)c4)c3)c2)c2ccccc21. The van der Waals surface area contributed by atoms with E-state index in [1.165, 1.54) is 22.5 Å². The topological polar surface area (TPSA) is 39.9 Å². The average Bonchev–Trinajstić information content (AvgIpc) is 2.94. The highest BCUT2D eigenvalue weighted by atomic mass is 15.2. The van der Waals surface area contributed by atoms with Crippen LogP contribution >= 0.6 is 0 Å². The summed E-state index contributed by atoms with van der Waals surface area (Å²) in [5.41, 5.74) is 10.9. The first-order valence-corrected chi connectivity index (χ1v) is 12.1. The van der Waals surface area contributed by atoms with E-state index in [4.69, 9.17) is 0 Å². The molecule has 0 saturated heterocycles. The number of pyridine rings is 1. The van der Waals surface area contributed by atoms with Crippen LogP contribution < -0.4 is 4.90 Å². The summed E-state index contributed by atoms with van der Waals surface area (Å²) in [4.78, 5) is 6.61. The van der Waals surface area contributed by atoms with Crippen LogP contribution in [0, 0.1) is 11.3 Å². The van der Waals surface area contributed by atoms with E-state index < -0.39 is 0 Å². The maximum absolute atomic E-state index is 9.27. The summed E-state index contributed by atoms with van der Waals surface area (Å²) in [5.74, 6) is 0. The highest BCUT2D eigenvalue weighted by Crippen LogP contribution is 2.51. The molecule has 0 amide bonds. The molecule has 5 aromatic rings. The van der Waals surface area contributed by atoms with Crippen molar-refractivity contribution in [2.24, 2.45) is 0 Å². The van der Waals surface area contributed by atoms with Crippen LogP contribution in [0.15, 0.2) is 116 Å². The molecule has 0 aliphatic carbocycles. The molecular formula is C33H25N3. The van der Waals surface area contributed by atoms with Gasteiger partial charge in [0.25, 0.3) is 0 Å². The molecule has 0 bridgehead atoms. The van der Waals surface area contributed by atoms with Crippen LogP contribution in [0.3, 0.4) is 0 Å². The van der Waals surface area contributed by atoms with Gasteiger partial charge >= 0.3 is 0 Å². The molecule has 0 unspecified atom stereocenters. The first-order valence-electron chi connectivity index (χ1n) is 12.1. The van der Waals surface area contributed by atoms with E-state index in [0.29, 0.717) is 5.56 Å². The second kappa shape index (κ2) is 8.52. The summed E-state index contributed by atoms with van der Waals surface area (Å²) in [7, 11) is 0. The molecule has 2 heterocycles. The standard InChI is InChI=1S/C33H25N3/c1-33(2)29-13-3-5-15-31(29)36(32-16-6-4-14-30(32)33)28-12-8-11-26(19-28)24-9-7-10-25(18-24)27-17-23(20-34)21-35-22-27/h3-19,21-22H,1-2H3. The molecule has 4 aromatic carbocycles. The summed E-state index contributed by atoms with van der Waals surface area (Å²) in [5, 5.41) is 9.27. The van der Waals surface area contributed by atoms with E-state index in [1.54, 1.807) is 12.4 Å². The number of rotatable bonds is 3. The molecule has 0 fully saturated rings. The van der Waals surface area contributed by atoms with Gasteiger partial charge in [-0.15, -0.1) is 0 Å². The second-order valence-electron chi connectivity index (χ2n) is 9.70. The van der Waals surface area contributed by atoms with Gasteiger partial charge < -0.3 is 4.90 Å². The van der Waals surface area contributed by atoms with Gasteiger partial charge in [-0.2, -0.15) is 5.26 Å². The monoisotopic (exact) mass is 463 g/mol. The minimum absolute atomic E-state index is 0.0817. The van der Waals surface area contributed by atoms with Crippen molar-refractivity contribution in [1.29, 1.82) is 5.26 Å². The van der Waals surface area contributed by atoms with Gasteiger partial charge in [-0.05, 0) is 64.2 Å². The van der Waals surface area contributed by atoms with Gasteiger partial charge in [0.05, 0.1) is 16.9 Å². The summed E-state index contributed by atoms with van der Waals surface area (Å²) in [6, 6.07) is 38.6. The Morgan fingerprint density at radius 2 is 1.22 bits per heavy atom. The van der Waals surface area contributed by atoms with E-state index in [0.717, 1.165) is 27.9 Å². The zero-order chi connectivity index (χ0) is 24.7. The second-order valence-corrected chi connectivity index (χ2v) is 9.70. The predicted molar refractivity (Wildman–Crippen MR) is 147 cm³/mol. The summed E-state index contributed by atoms with van der Waals surface area (Å²) in [6.07, 6.45) is 3.39. The summed E-state index contributed by atoms with van der Waals surface area (Å²) < 4.78 is 0. The number of anilines is 3. The predicted octanol–water partition coefficient (Wildman–Crippen LogP) is 8.40. The lowest BCUT2D eigenvalue weighted by Crippen LogP contribution is -2.30. The fourth-order valence-electron chi connectivity index (χ4n) is 5.31. The van der Waals surface area contributed by atoms with Gasteiger partial charge in [0, 0.05) is 29.1 Å². The Morgan fingerprint density at radius 3 is 1.89 bits per heavy atom. The maximum atomic E-state index is 9.27. The van der Waals surface area contributed by atoms with Crippen molar-refractivity contribution in [3.63, 3.8) is 0 Å². The molecule has 0 radical (unpaired) electrons. The zero-order valence-corrected chi connectivity index (χ0v) is 20.3. The molecule has 1 aromatic heterocycles. The van der Waals surface area contributed by atoms with Crippen molar-refractivity contribution in [1.82, 2.24) is 4.98 Å². The number of nitriles is 1. The summed E-state index contributed by atoms with van der Waals surface area (Å²) in [6.45, 7) is 4.61. The Bertz CT molecular complexity index is 1590. The third-order valence-corrected chi connectivity index (χ3v) is 7.14. The van der Waals surface area contributed by atoms with Crippen LogP contribution in [0.4, 0.5) is 17.1 Å². The fraction of sp³-hybridized carbons (Fsp3) is 0.0909. The highest BCUT2D eigenvalue weighted by Gasteiger charge is 2.36. The quantitative estimate of drug-likeness (QED) is 0.270. The van der Waals surface area contributed by atoms with Crippen LogP contribution in [0.5, 0.6) is 0 Å². The molecule has 0 spiro atoms. The smallest absolute Gasteiger partial charge is 0.101 e. The normalized spacial score (nSPS) is 13.4. The Labute approximate surface area is 211 Å². The molecule has 0 saturated carbocycles. The van der Waals surface area contributed by atoms with Crippen molar-refractivity contribution < 1.29 is 0 Å². The molecule has 1 aliphatic rings. The van der Waals surface area contributed by atoms with E-state index >= 15 is 0 Å². The minimum Gasteiger partial charge on any atom is -0.310 e. The van der Waals surface area contributed by atoms with Crippen molar-refractivity contribution in [3.05, 3.63) is 132 Å². The molecule has 6 rings (SSSR count). The van der Waals surface area contributed by atoms with Crippen LogP contribution in [-0.2, 0) is 5.41 Å². The van der Waals surface area contributed by atoms with Gasteiger partial charge in [-0.25, -0.2) is 0 Å². The van der Waals surface area contributed by atoms with Crippen LogP contribution in [0.2, 0.25) is 0 Å². The number of aromatic nitrogens is 1. The van der Waals surface area contributed by atoms with E-state index in [-0.39, 0.29) is 5.41 Å². The Morgan fingerprint density at radius 1 is 0.639 bits per heavy atom. The van der Waals surface area contributed by atoms with E-state index in [9.17, 15) is 5.26 Å². The van der Waals surface area contributed by atoms with Crippen LogP contribution in [-0.4, -0.2) is 4.98 Å². The number of benzene rings is 4. The van der Waals surface area contributed by atoms with Crippen LogP contribution in [0.1, 0.15) is 30.5 Å². The van der Waals surface area contributed by atoms with Crippen molar-refractivity contribution in [3.8, 4) is 28.3 Å². The van der Waals surface area contributed by atoms with Crippen molar-refractivity contribution in [2.45, 2.75) is 19.3 Å². The van der Waals surface area contributed by atoms with Gasteiger partial charge in [-0.3, -0.25) is 4.98 Å². The highest BCUT2D eigenvalue weighted by molar-refractivity contribution is 5.87. The first kappa shape index (κ1) is 21.8. The number of nitrogens with zero attached hydrogens (tertiary/aromatic N) is 3. The third-order valence-electron chi connectivity index (χ3n) is 7.14. The molecular weight excluding hydrogens is 438 g/mol. The molecule has 36 heavy (non-hydrogen) atoms. The molecule has 1 aliphatic heterocycles. The maximum Gasteiger partial charge on any atom is 0.101 e. The molecule has 0 N–H and O–H groups in total. The lowest BCUT2D eigenvalue weighted by atomic mass is 9.73. The zero-order valence-electron chi connectivity index (χ0n) is 20.3. The Kier molecular flexibility index (Phi) is 5.16. The number of hydrogen-bond acceptors (Lipinski definition) is 3. The van der Waals surface area contributed by atoms with Gasteiger partial charge in [0.2, 0.25) is 0 Å². The molecule has 3 heteroatoms. The number of fused-ring (bicyclic) bond motifs is 2. The van der Waals surface area contributed by atoms with Crippen LogP contribution in [0.25, 0.3) is 22.3 Å². The number of hydrogen-bond donors (Lipinski definition) is 0. The molecule has 3 nitrogen and oxygen atoms in total. The first-order chi connectivity index (χ1) is 17.6. The Hall–Kier alpha value is -4.68. The third kappa shape index (κ3) is 3.56. The number of para-hydroxylation sites is 2. The fourth-order valence-corrected chi connectivity index (χ4v) is 5.31. The van der Waals surface area contributed by atoms with E-state index in [2.05, 4.69) is 127 Å². The van der Waals surface area contributed by atoms with Gasteiger partial charge in [0.1, 0.15) is 6.07 Å². The molecule has 172 valence electrons. The minimum atomic E-state index is -0.0817. The lowest BCUT2D eigenvalue weighted by molar-refractivity contribution is 0.632. The lowest BCUT2D eigenvalue weighted by Gasteiger charge is -2.42. The van der Waals surface area contributed by atoms with Gasteiger partial charge in [-0.1, -0.05) is 80.6 Å². The average molecular weight is 464 g/mol. The van der Waals surface area contributed by atoms with Gasteiger partial charge in [0.15, 0.2) is 0 Å². The van der Waals surface area contributed by atoms with E-state index in [1.807, 2.05) is 6.07 Å². The summed E-state index contributed by atoms with van der Waals surface area (Å²) >= 11 is 0. The Balaban J connectivity index is 1.47. The largest absolute Gasteiger partial charge is 0.310 e. The van der Waals surface area contributed by atoms with Crippen molar-refractivity contribution >= 4 is 17.1 Å². The molecule has 0 atom stereocenters.